The Balaban J connectivity index is 3.26. The number of benzene rings is 1. The molecule has 0 heterocycles. The summed E-state index contributed by atoms with van der Waals surface area (Å²) in [6, 6.07) is 3.47. The van der Waals surface area contributed by atoms with Crippen molar-refractivity contribution >= 4 is 15.9 Å². The molecule has 0 aliphatic rings. The molecular formula is C12H16F2N2O4S. The molecule has 1 aromatic rings. The second kappa shape index (κ2) is 6.81. The molecule has 0 radical (unpaired) electrons. The molecule has 2 N–H and O–H groups in total. The summed E-state index contributed by atoms with van der Waals surface area (Å²) in [5, 5.41) is 4.99. The molecular weight excluding hydrogens is 306 g/mol. The molecule has 0 saturated heterocycles. The van der Waals surface area contributed by atoms with Crippen LogP contribution in [-0.4, -0.2) is 45.8 Å². The van der Waals surface area contributed by atoms with Crippen LogP contribution in [0.25, 0.3) is 0 Å². The number of carbonyl (C=O) groups excluding carboxylic acids is 1. The Morgan fingerprint density at radius 3 is 2.52 bits per heavy atom. The number of amides is 1. The molecule has 0 aromatic heterocycles. The van der Waals surface area contributed by atoms with E-state index in [9.17, 15) is 22.0 Å². The molecule has 0 saturated carbocycles. The topological polar surface area (TPSA) is 89.7 Å². The van der Waals surface area contributed by atoms with Crippen LogP contribution in [-0.2, 0) is 10.0 Å². The highest BCUT2D eigenvalue weighted by molar-refractivity contribution is 7.89. The van der Waals surface area contributed by atoms with Gasteiger partial charge in [-0.15, -0.1) is 0 Å². The molecule has 0 fully saturated rings. The summed E-state index contributed by atoms with van der Waals surface area (Å²) >= 11 is 0. The van der Waals surface area contributed by atoms with Gasteiger partial charge in [0.05, 0.1) is 23.6 Å². The van der Waals surface area contributed by atoms with Gasteiger partial charge in [0.1, 0.15) is 5.75 Å². The molecule has 6 nitrogen and oxygen atoms in total. The molecule has 0 unspecified atom stereocenters. The lowest BCUT2D eigenvalue weighted by Gasteiger charge is -2.19. The van der Waals surface area contributed by atoms with Gasteiger partial charge in [-0.25, -0.2) is 22.3 Å². The van der Waals surface area contributed by atoms with Crippen molar-refractivity contribution in [3.63, 3.8) is 0 Å². The summed E-state index contributed by atoms with van der Waals surface area (Å²) in [5.41, 5.74) is -0.133. The largest absolute Gasteiger partial charge is 0.493 e. The fourth-order valence-electron chi connectivity index (χ4n) is 1.63. The summed E-state index contributed by atoms with van der Waals surface area (Å²) in [6.45, 7) is 1.13. The summed E-state index contributed by atoms with van der Waals surface area (Å²) in [6.07, 6.45) is -2.70. The second-order valence-electron chi connectivity index (χ2n) is 4.21. The molecule has 1 amide bonds. The summed E-state index contributed by atoms with van der Waals surface area (Å²) in [4.78, 5) is 12.6. The normalized spacial score (nSPS) is 11.5. The number of rotatable bonds is 6. The van der Waals surface area contributed by atoms with Crippen LogP contribution in [0.4, 0.5) is 8.78 Å². The maximum absolute atomic E-state index is 12.3. The minimum atomic E-state index is -4.01. The lowest BCUT2D eigenvalue weighted by atomic mass is 10.1. The molecule has 9 heteroatoms. The van der Waals surface area contributed by atoms with Crippen LogP contribution in [0.1, 0.15) is 17.3 Å². The average Bonchev–Trinajstić information content (AvgIpc) is 2.36. The number of alkyl halides is 2. The van der Waals surface area contributed by atoms with Gasteiger partial charge in [-0.1, -0.05) is 0 Å². The third-order valence-electron chi connectivity index (χ3n) is 2.57. The van der Waals surface area contributed by atoms with Crippen molar-refractivity contribution in [2.24, 2.45) is 5.14 Å². The molecule has 1 aromatic carbocycles. The predicted octanol–water partition coefficient (Wildman–Crippen LogP) is 1.07. The number of nitrogens with two attached hydrogens (primary N) is 1. The molecule has 118 valence electrons. The highest BCUT2D eigenvalue weighted by Crippen LogP contribution is 2.24. The van der Waals surface area contributed by atoms with E-state index in [4.69, 9.17) is 9.88 Å². The van der Waals surface area contributed by atoms with E-state index in [0.29, 0.717) is 0 Å². The van der Waals surface area contributed by atoms with E-state index < -0.39 is 28.9 Å². The zero-order valence-corrected chi connectivity index (χ0v) is 12.4. The smallest absolute Gasteiger partial charge is 0.257 e. The van der Waals surface area contributed by atoms with Gasteiger partial charge in [0.25, 0.3) is 12.3 Å². The zero-order valence-electron chi connectivity index (χ0n) is 11.5. The number of hydrogen-bond donors (Lipinski definition) is 1. The first-order valence-corrected chi connectivity index (χ1v) is 7.54. The van der Waals surface area contributed by atoms with Gasteiger partial charge in [-0.05, 0) is 25.1 Å². The van der Waals surface area contributed by atoms with Crippen LogP contribution in [0.5, 0.6) is 5.75 Å². The summed E-state index contributed by atoms with van der Waals surface area (Å²) in [5.74, 6) is -0.666. The maximum atomic E-state index is 12.3. The van der Waals surface area contributed by atoms with Crippen LogP contribution in [0, 0.1) is 0 Å². The first-order valence-electron chi connectivity index (χ1n) is 6.00. The van der Waals surface area contributed by atoms with Crippen molar-refractivity contribution in [1.29, 1.82) is 0 Å². The maximum Gasteiger partial charge on any atom is 0.257 e. The Morgan fingerprint density at radius 2 is 2.05 bits per heavy atom. The van der Waals surface area contributed by atoms with Crippen molar-refractivity contribution in [2.75, 3.05) is 20.2 Å². The monoisotopic (exact) mass is 322 g/mol. The highest BCUT2D eigenvalue weighted by atomic mass is 32.2. The van der Waals surface area contributed by atoms with Crippen molar-refractivity contribution < 1.29 is 26.7 Å². The molecule has 0 aliphatic heterocycles. The number of hydrogen-bond acceptors (Lipinski definition) is 4. The highest BCUT2D eigenvalue weighted by Gasteiger charge is 2.22. The lowest BCUT2D eigenvalue weighted by Crippen LogP contribution is -2.31. The first-order chi connectivity index (χ1) is 9.66. The predicted molar refractivity (Wildman–Crippen MR) is 71.9 cm³/mol. The van der Waals surface area contributed by atoms with Crippen molar-refractivity contribution in [2.45, 2.75) is 18.2 Å². The lowest BCUT2D eigenvalue weighted by molar-refractivity contribution is 0.0616. The first kappa shape index (κ1) is 17.3. The van der Waals surface area contributed by atoms with E-state index in [-0.39, 0.29) is 22.8 Å². The van der Waals surface area contributed by atoms with Gasteiger partial charge < -0.3 is 9.64 Å². The van der Waals surface area contributed by atoms with Crippen molar-refractivity contribution in [3.05, 3.63) is 23.8 Å². The van der Waals surface area contributed by atoms with Gasteiger partial charge in [-0.3, -0.25) is 4.79 Å². The van der Waals surface area contributed by atoms with E-state index in [1.807, 2.05) is 0 Å². The SMILES string of the molecule is CCOc1ccc(S(N)(=O)=O)cc1C(=O)N(C)CC(F)F. The molecule has 0 bridgehead atoms. The minimum absolute atomic E-state index is 0.107. The van der Waals surface area contributed by atoms with Crippen LogP contribution < -0.4 is 9.88 Å². The van der Waals surface area contributed by atoms with E-state index in [1.165, 1.54) is 19.2 Å². The van der Waals surface area contributed by atoms with Gasteiger partial charge >= 0.3 is 0 Å². The van der Waals surface area contributed by atoms with Crippen molar-refractivity contribution in [1.82, 2.24) is 4.90 Å². The molecule has 0 spiro atoms. The number of halogens is 2. The molecule has 1 rings (SSSR count). The third-order valence-corrected chi connectivity index (χ3v) is 3.48. The zero-order chi connectivity index (χ0) is 16.2. The number of primary sulfonamides is 1. The summed E-state index contributed by atoms with van der Waals surface area (Å²) in [7, 11) is -2.83. The Labute approximate surface area is 121 Å². The van der Waals surface area contributed by atoms with E-state index >= 15 is 0 Å². The Bertz CT molecular complexity index is 620. The molecule has 0 atom stereocenters. The molecule has 0 aliphatic carbocycles. The van der Waals surface area contributed by atoms with E-state index in [0.717, 1.165) is 11.0 Å². The number of nitrogens with zero attached hydrogens (tertiary/aromatic N) is 1. The second-order valence-corrected chi connectivity index (χ2v) is 5.77. The fraction of sp³-hybridized carbons (Fsp3) is 0.417. The van der Waals surface area contributed by atoms with E-state index in [1.54, 1.807) is 6.92 Å². The third kappa shape index (κ3) is 4.64. The molecule has 21 heavy (non-hydrogen) atoms. The van der Waals surface area contributed by atoms with Gasteiger partial charge in [0, 0.05) is 7.05 Å². The van der Waals surface area contributed by atoms with Crippen LogP contribution >= 0.6 is 0 Å². The average molecular weight is 322 g/mol. The quantitative estimate of drug-likeness (QED) is 0.848. The number of ether oxygens (including phenoxy) is 1. The summed E-state index contributed by atoms with van der Waals surface area (Å²) < 4.78 is 52.5. The van der Waals surface area contributed by atoms with Crippen LogP contribution in [0.15, 0.2) is 23.1 Å². The van der Waals surface area contributed by atoms with Crippen molar-refractivity contribution in [3.8, 4) is 5.75 Å². The van der Waals surface area contributed by atoms with Gasteiger partial charge in [0.15, 0.2) is 0 Å². The standard InChI is InChI=1S/C12H16F2N2O4S/c1-3-20-10-5-4-8(21(15,18)19)6-9(10)12(17)16(2)7-11(13)14/h4-6,11H,3,7H2,1-2H3,(H2,15,18,19). The fourth-order valence-corrected chi connectivity index (χ4v) is 2.17. The number of carbonyl (C=O) groups is 1. The minimum Gasteiger partial charge on any atom is -0.493 e. The van der Waals surface area contributed by atoms with Crippen LogP contribution in [0.3, 0.4) is 0 Å². The van der Waals surface area contributed by atoms with Gasteiger partial charge in [-0.2, -0.15) is 0 Å². The van der Waals surface area contributed by atoms with Crippen LogP contribution in [0.2, 0.25) is 0 Å². The Kier molecular flexibility index (Phi) is 5.62. The van der Waals surface area contributed by atoms with Gasteiger partial charge in [0.2, 0.25) is 10.0 Å². The number of sulfonamides is 1. The Morgan fingerprint density at radius 1 is 1.43 bits per heavy atom. The Hall–Kier alpha value is -1.74. The van der Waals surface area contributed by atoms with E-state index in [2.05, 4.69) is 0 Å².